The average molecular weight is 185 g/mol. The maximum Gasteiger partial charge on any atom is 0.342 e. The zero-order chi connectivity index (χ0) is 8.20. The first kappa shape index (κ1) is 10.0. The summed E-state index contributed by atoms with van der Waals surface area (Å²) >= 11 is 11.1. The first-order chi connectivity index (χ1) is 4.54. The van der Waals surface area contributed by atoms with Crippen molar-refractivity contribution in [2.45, 2.75) is 24.6 Å². The lowest BCUT2D eigenvalue weighted by molar-refractivity contribution is -0.143. The van der Waals surface area contributed by atoms with E-state index >= 15 is 0 Å². The minimum absolute atomic E-state index is 0.306. The Hall–Kier alpha value is 0.0500. The molecular formula is C6H10Cl2O2. The highest BCUT2D eigenvalue weighted by Crippen LogP contribution is 2.26. The molecule has 0 saturated carbocycles. The highest BCUT2D eigenvalue weighted by Gasteiger charge is 2.32. The molecule has 0 aromatic heterocycles. The monoisotopic (exact) mass is 184 g/mol. The Labute approximate surface area is 70.4 Å². The molecule has 0 N–H and O–H groups in total. The molecule has 0 aromatic rings. The number of hydrogen-bond acceptors (Lipinski definition) is 2. The van der Waals surface area contributed by atoms with Gasteiger partial charge in [-0.15, -0.1) is 0 Å². The Kier molecular flexibility index (Phi) is 4.06. The molecule has 0 aromatic carbocycles. The van der Waals surface area contributed by atoms with Crippen LogP contribution in [0.4, 0.5) is 0 Å². The Bertz CT molecular complexity index is 123. The van der Waals surface area contributed by atoms with Crippen molar-refractivity contribution in [2.24, 2.45) is 0 Å². The van der Waals surface area contributed by atoms with Gasteiger partial charge in [0.25, 0.3) is 0 Å². The molecule has 0 aliphatic heterocycles. The molecule has 0 fully saturated rings. The molecule has 0 spiro atoms. The molecule has 0 heterocycles. The van der Waals surface area contributed by atoms with Gasteiger partial charge < -0.3 is 4.74 Å². The van der Waals surface area contributed by atoms with E-state index in [1.54, 1.807) is 13.8 Å². The van der Waals surface area contributed by atoms with Crippen LogP contribution in [0.2, 0.25) is 0 Å². The third-order valence-electron chi connectivity index (χ3n) is 1.02. The van der Waals surface area contributed by atoms with Crippen LogP contribution in [0.3, 0.4) is 0 Å². The van der Waals surface area contributed by atoms with Gasteiger partial charge in [0.05, 0.1) is 6.61 Å². The van der Waals surface area contributed by atoms with Crippen LogP contribution >= 0.6 is 23.2 Å². The van der Waals surface area contributed by atoms with Crippen LogP contribution in [0.5, 0.6) is 0 Å². The van der Waals surface area contributed by atoms with Gasteiger partial charge in [0.1, 0.15) is 0 Å². The lowest BCUT2D eigenvalue weighted by Crippen LogP contribution is -2.27. The van der Waals surface area contributed by atoms with Crippen LogP contribution < -0.4 is 0 Å². The fraction of sp³-hybridized carbons (Fsp3) is 0.833. The molecule has 0 aliphatic carbocycles. The highest BCUT2D eigenvalue weighted by atomic mass is 35.5. The van der Waals surface area contributed by atoms with E-state index in [1.165, 1.54) is 0 Å². The van der Waals surface area contributed by atoms with Crippen molar-refractivity contribution in [3.63, 3.8) is 0 Å². The lowest BCUT2D eigenvalue weighted by Gasteiger charge is -2.14. The molecule has 0 amide bonds. The number of ether oxygens (including phenoxy) is 1. The largest absolute Gasteiger partial charge is 0.464 e. The quantitative estimate of drug-likeness (QED) is 0.497. The summed E-state index contributed by atoms with van der Waals surface area (Å²) in [7, 11) is 0. The molecule has 2 nitrogen and oxygen atoms in total. The minimum atomic E-state index is -1.37. The molecule has 60 valence electrons. The Balaban J connectivity index is 3.91. The van der Waals surface area contributed by atoms with Crippen LogP contribution in [0.25, 0.3) is 0 Å². The summed E-state index contributed by atoms with van der Waals surface area (Å²) in [5.74, 6) is -0.569. The third kappa shape index (κ3) is 2.76. The number of hydrogen-bond donors (Lipinski definition) is 0. The summed E-state index contributed by atoms with van der Waals surface area (Å²) in [6, 6.07) is 0. The highest BCUT2D eigenvalue weighted by molar-refractivity contribution is 6.57. The molecule has 0 radical (unpaired) electrons. The standard InChI is InChI=1S/C6H10Cl2O2/c1-3-6(7,8)5(9)10-4-2/h3-4H2,1-2H3. The normalized spacial score (nSPS) is 11.2. The Morgan fingerprint density at radius 3 is 2.30 bits per heavy atom. The summed E-state index contributed by atoms with van der Waals surface area (Å²) < 4.78 is 3.23. The van der Waals surface area contributed by atoms with Crippen molar-refractivity contribution in [1.29, 1.82) is 0 Å². The van der Waals surface area contributed by atoms with E-state index in [-0.39, 0.29) is 0 Å². The molecule has 0 saturated heterocycles. The SMILES string of the molecule is CCOC(=O)C(Cl)(Cl)CC. The van der Waals surface area contributed by atoms with Gasteiger partial charge in [-0.25, -0.2) is 4.79 Å². The van der Waals surface area contributed by atoms with E-state index in [9.17, 15) is 4.79 Å². The number of esters is 1. The molecule has 0 unspecified atom stereocenters. The predicted molar refractivity (Wildman–Crippen MR) is 41.4 cm³/mol. The first-order valence-corrected chi connectivity index (χ1v) is 3.85. The number of rotatable bonds is 3. The summed E-state index contributed by atoms with van der Waals surface area (Å²) in [4.78, 5) is 10.8. The van der Waals surface area contributed by atoms with E-state index in [4.69, 9.17) is 23.2 Å². The summed E-state index contributed by atoms with van der Waals surface area (Å²) in [5.41, 5.74) is 0. The lowest BCUT2D eigenvalue weighted by atomic mass is 10.3. The second-order valence-electron chi connectivity index (χ2n) is 1.78. The van der Waals surface area contributed by atoms with Crippen LogP contribution in [0, 0.1) is 0 Å². The van der Waals surface area contributed by atoms with Crippen LogP contribution in [-0.2, 0) is 9.53 Å². The fourth-order valence-corrected chi connectivity index (χ4v) is 0.490. The minimum Gasteiger partial charge on any atom is -0.464 e. The smallest absolute Gasteiger partial charge is 0.342 e. The van der Waals surface area contributed by atoms with E-state index in [0.717, 1.165) is 0 Å². The van der Waals surface area contributed by atoms with E-state index in [0.29, 0.717) is 13.0 Å². The van der Waals surface area contributed by atoms with E-state index in [1.807, 2.05) is 0 Å². The van der Waals surface area contributed by atoms with Gasteiger partial charge in [-0.2, -0.15) is 0 Å². The van der Waals surface area contributed by atoms with Crippen LogP contribution in [-0.4, -0.2) is 16.9 Å². The maximum absolute atomic E-state index is 10.8. The van der Waals surface area contributed by atoms with Gasteiger partial charge in [-0.3, -0.25) is 0 Å². The summed E-state index contributed by atoms with van der Waals surface area (Å²) in [5, 5.41) is 0. The molecular weight excluding hydrogens is 175 g/mol. The summed E-state index contributed by atoms with van der Waals surface area (Å²) in [6.45, 7) is 3.73. The van der Waals surface area contributed by atoms with Crippen LogP contribution in [0.1, 0.15) is 20.3 Å². The zero-order valence-electron chi connectivity index (χ0n) is 5.99. The molecule has 10 heavy (non-hydrogen) atoms. The van der Waals surface area contributed by atoms with Crippen molar-refractivity contribution >= 4 is 29.2 Å². The number of alkyl halides is 2. The fourth-order valence-electron chi connectivity index (χ4n) is 0.381. The van der Waals surface area contributed by atoms with Gasteiger partial charge in [-0.05, 0) is 13.3 Å². The number of carbonyl (C=O) groups excluding carboxylic acids is 1. The van der Waals surface area contributed by atoms with Crippen molar-refractivity contribution in [1.82, 2.24) is 0 Å². The van der Waals surface area contributed by atoms with Gasteiger partial charge in [0, 0.05) is 0 Å². The first-order valence-electron chi connectivity index (χ1n) is 3.09. The molecule has 0 bridgehead atoms. The van der Waals surface area contributed by atoms with Crippen molar-refractivity contribution in [2.75, 3.05) is 6.61 Å². The van der Waals surface area contributed by atoms with Crippen molar-refractivity contribution < 1.29 is 9.53 Å². The predicted octanol–water partition coefficient (Wildman–Crippen LogP) is 2.13. The van der Waals surface area contributed by atoms with Gasteiger partial charge in [0.15, 0.2) is 0 Å². The molecule has 4 heteroatoms. The number of halogens is 2. The third-order valence-corrected chi connectivity index (χ3v) is 1.86. The molecule has 0 atom stereocenters. The second kappa shape index (κ2) is 4.04. The van der Waals surface area contributed by atoms with Crippen LogP contribution in [0.15, 0.2) is 0 Å². The van der Waals surface area contributed by atoms with Crippen molar-refractivity contribution in [3.05, 3.63) is 0 Å². The van der Waals surface area contributed by atoms with E-state index in [2.05, 4.69) is 4.74 Å². The Morgan fingerprint density at radius 1 is 1.50 bits per heavy atom. The molecule has 0 aliphatic rings. The van der Waals surface area contributed by atoms with Gasteiger partial charge >= 0.3 is 5.97 Å². The van der Waals surface area contributed by atoms with Gasteiger partial charge in [0.2, 0.25) is 4.33 Å². The topological polar surface area (TPSA) is 26.3 Å². The number of carbonyl (C=O) groups is 1. The average Bonchev–Trinajstić information content (AvgIpc) is 1.89. The zero-order valence-corrected chi connectivity index (χ0v) is 7.50. The summed E-state index contributed by atoms with van der Waals surface area (Å²) in [6.07, 6.45) is 0.356. The maximum atomic E-state index is 10.8. The van der Waals surface area contributed by atoms with Gasteiger partial charge in [-0.1, -0.05) is 30.1 Å². The second-order valence-corrected chi connectivity index (χ2v) is 3.26. The Morgan fingerprint density at radius 2 is 2.00 bits per heavy atom. The van der Waals surface area contributed by atoms with E-state index < -0.39 is 10.3 Å². The molecule has 0 rings (SSSR count). The van der Waals surface area contributed by atoms with Crippen molar-refractivity contribution in [3.8, 4) is 0 Å².